The molecule has 5 heteroatoms. The van der Waals surface area contributed by atoms with Crippen LogP contribution in [0, 0.1) is 0 Å². The Morgan fingerprint density at radius 2 is 1.96 bits per heavy atom. The summed E-state index contributed by atoms with van der Waals surface area (Å²) >= 11 is 6.49. The van der Waals surface area contributed by atoms with E-state index in [2.05, 4.69) is 29.0 Å². The van der Waals surface area contributed by atoms with Crippen LogP contribution in [-0.2, 0) is 13.0 Å². The highest BCUT2D eigenvalue weighted by molar-refractivity contribution is 6.37. The van der Waals surface area contributed by atoms with Gasteiger partial charge in [0.25, 0.3) is 0 Å². The number of methoxy groups -OCH3 is 1. The summed E-state index contributed by atoms with van der Waals surface area (Å²) in [7, 11) is 1.64. The van der Waals surface area contributed by atoms with E-state index in [0.29, 0.717) is 17.6 Å². The minimum atomic E-state index is 0.297. The fourth-order valence-electron chi connectivity index (χ4n) is 3.55. The summed E-state index contributed by atoms with van der Waals surface area (Å²) in [6, 6.07) is 10.3. The Hall–Kier alpha value is -2.46. The highest BCUT2D eigenvalue weighted by Crippen LogP contribution is 2.40. The summed E-state index contributed by atoms with van der Waals surface area (Å²) in [5.41, 5.74) is 3.65. The van der Waals surface area contributed by atoms with Gasteiger partial charge in [-0.15, -0.1) is 0 Å². The SMILES string of the molecule is COc1ccc2cc3[n+](cc2c1Cl)CCc1cc2c(cc1-3)OCO2. The van der Waals surface area contributed by atoms with Gasteiger partial charge in [0.2, 0.25) is 12.5 Å². The number of ether oxygens (including phenoxy) is 3. The van der Waals surface area contributed by atoms with Crippen LogP contribution in [0.4, 0.5) is 0 Å². The number of aromatic nitrogens is 1. The Kier molecular flexibility index (Phi) is 2.91. The third-order valence-electron chi connectivity index (χ3n) is 4.78. The van der Waals surface area contributed by atoms with Crippen molar-refractivity contribution in [1.82, 2.24) is 0 Å². The second-order valence-corrected chi connectivity index (χ2v) is 6.43. The summed E-state index contributed by atoms with van der Waals surface area (Å²) in [5.74, 6) is 2.36. The molecule has 5 rings (SSSR count). The number of hydrogen-bond acceptors (Lipinski definition) is 3. The van der Waals surface area contributed by atoms with E-state index in [-0.39, 0.29) is 0 Å². The molecule has 0 bridgehead atoms. The fourth-order valence-corrected chi connectivity index (χ4v) is 3.84. The molecule has 1 aromatic heterocycles. The summed E-state index contributed by atoms with van der Waals surface area (Å²) in [6.45, 7) is 1.21. The summed E-state index contributed by atoms with van der Waals surface area (Å²) in [4.78, 5) is 0. The first kappa shape index (κ1) is 13.9. The monoisotopic (exact) mass is 340 g/mol. The van der Waals surface area contributed by atoms with Crippen molar-refractivity contribution in [2.24, 2.45) is 0 Å². The maximum Gasteiger partial charge on any atom is 0.231 e. The number of hydrogen-bond donors (Lipinski definition) is 0. The smallest absolute Gasteiger partial charge is 0.231 e. The lowest BCUT2D eigenvalue weighted by atomic mass is 9.95. The van der Waals surface area contributed by atoms with Crippen LogP contribution in [0.2, 0.25) is 5.02 Å². The molecule has 0 amide bonds. The number of halogens is 1. The van der Waals surface area contributed by atoms with Gasteiger partial charge in [0.05, 0.1) is 23.1 Å². The van der Waals surface area contributed by atoms with Gasteiger partial charge in [0.15, 0.2) is 24.2 Å². The quantitative estimate of drug-likeness (QED) is 0.632. The molecule has 2 aliphatic heterocycles. The van der Waals surface area contributed by atoms with Gasteiger partial charge in [0.1, 0.15) is 5.75 Å². The average Bonchev–Trinajstić information content (AvgIpc) is 3.06. The van der Waals surface area contributed by atoms with Crippen LogP contribution < -0.4 is 18.8 Å². The lowest BCUT2D eigenvalue weighted by Gasteiger charge is -2.16. The van der Waals surface area contributed by atoms with Crippen LogP contribution in [0.5, 0.6) is 17.2 Å². The van der Waals surface area contributed by atoms with E-state index in [4.69, 9.17) is 25.8 Å². The first-order valence-electron chi connectivity index (χ1n) is 7.87. The Labute approximate surface area is 144 Å². The molecule has 0 radical (unpaired) electrons. The van der Waals surface area contributed by atoms with E-state index in [1.54, 1.807) is 7.11 Å². The molecule has 2 aromatic carbocycles. The third-order valence-corrected chi connectivity index (χ3v) is 5.17. The highest BCUT2D eigenvalue weighted by Gasteiger charge is 2.28. The first-order valence-corrected chi connectivity index (χ1v) is 8.25. The molecule has 0 N–H and O–H groups in total. The fraction of sp³-hybridized carbons (Fsp3) is 0.211. The number of benzene rings is 2. The van der Waals surface area contributed by atoms with Crippen molar-refractivity contribution < 1.29 is 18.8 Å². The van der Waals surface area contributed by atoms with Gasteiger partial charge in [-0.3, -0.25) is 0 Å². The number of rotatable bonds is 1. The van der Waals surface area contributed by atoms with Crippen LogP contribution in [0.1, 0.15) is 5.56 Å². The van der Waals surface area contributed by atoms with Crippen LogP contribution in [0.15, 0.2) is 36.5 Å². The maximum absolute atomic E-state index is 6.49. The molecule has 0 aliphatic carbocycles. The van der Waals surface area contributed by atoms with Crippen molar-refractivity contribution in [2.75, 3.05) is 13.9 Å². The van der Waals surface area contributed by atoms with Crippen LogP contribution in [0.3, 0.4) is 0 Å². The van der Waals surface area contributed by atoms with Crippen LogP contribution in [-0.4, -0.2) is 13.9 Å². The van der Waals surface area contributed by atoms with Crippen LogP contribution >= 0.6 is 11.6 Å². The zero-order valence-corrected chi connectivity index (χ0v) is 13.9. The van der Waals surface area contributed by atoms with Crippen molar-refractivity contribution in [3.63, 3.8) is 0 Å². The van der Waals surface area contributed by atoms with E-state index in [1.807, 2.05) is 12.1 Å². The predicted octanol–water partition coefficient (Wildman–Crippen LogP) is 3.74. The van der Waals surface area contributed by atoms with Gasteiger partial charge in [-0.2, -0.15) is 4.57 Å². The Morgan fingerprint density at radius 1 is 1.12 bits per heavy atom. The molecule has 0 unspecified atom stereocenters. The van der Waals surface area contributed by atoms with Crippen molar-refractivity contribution in [2.45, 2.75) is 13.0 Å². The predicted molar refractivity (Wildman–Crippen MR) is 91.0 cm³/mol. The number of aryl methyl sites for hydroxylation is 2. The van der Waals surface area contributed by atoms with Gasteiger partial charge >= 0.3 is 0 Å². The second-order valence-electron chi connectivity index (χ2n) is 6.05. The lowest BCUT2D eigenvalue weighted by molar-refractivity contribution is -0.686. The van der Waals surface area contributed by atoms with Crippen molar-refractivity contribution in [1.29, 1.82) is 0 Å². The van der Waals surface area contributed by atoms with Gasteiger partial charge in [-0.1, -0.05) is 17.7 Å². The Morgan fingerprint density at radius 3 is 2.79 bits per heavy atom. The molecule has 3 heterocycles. The molecular formula is C19H15ClNO3+. The molecule has 0 saturated carbocycles. The molecule has 4 nitrogen and oxygen atoms in total. The zero-order valence-electron chi connectivity index (χ0n) is 13.1. The molecule has 0 fully saturated rings. The van der Waals surface area contributed by atoms with E-state index < -0.39 is 0 Å². The van der Waals surface area contributed by atoms with E-state index in [9.17, 15) is 0 Å². The largest absolute Gasteiger partial charge is 0.495 e. The number of fused-ring (bicyclic) bond motifs is 5. The van der Waals surface area contributed by atoms with Crippen molar-refractivity contribution in [3.05, 3.63) is 47.1 Å². The van der Waals surface area contributed by atoms with Gasteiger partial charge < -0.3 is 14.2 Å². The molecule has 24 heavy (non-hydrogen) atoms. The van der Waals surface area contributed by atoms with Crippen molar-refractivity contribution >= 4 is 22.4 Å². The minimum Gasteiger partial charge on any atom is -0.495 e. The molecular weight excluding hydrogens is 326 g/mol. The minimum absolute atomic E-state index is 0.297. The van der Waals surface area contributed by atoms with E-state index in [0.717, 1.165) is 35.2 Å². The standard InChI is InChI=1S/C19H15ClNO3/c1-22-16-3-2-11-6-15-13-8-18-17(23-10-24-18)7-12(13)4-5-21(15)9-14(11)19(16)20/h2-3,6-9H,4-5,10H2,1H3/q+1. The van der Waals surface area contributed by atoms with E-state index in [1.165, 1.54) is 16.8 Å². The van der Waals surface area contributed by atoms with Gasteiger partial charge in [0, 0.05) is 12.5 Å². The molecule has 120 valence electrons. The molecule has 0 spiro atoms. The molecule has 3 aromatic rings. The van der Waals surface area contributed by atoms with Gasteiger partial charge in [-0.05, 0) is 29.1 Å². The number of pyridine rings is 1. The third kappa shape index (κ3) is 1.89. The lowest BCUT2D eigenvalue weighted by Crippen LogP contribution is -2.40. The van der Waals surface area contributed by atoms with Gasteiger partial charge in [-0.25, -0.2) is 0 Å². The average molecular weight is 341 g/mol. The molecule has 0 saturated heterocycles. The normalized spacial score (nSPS) is 14.4. The Balaban J connectivity index is 1.76. The summed E-state index contributed by atoms with van der Waals surface area (Å²) in [5, 5.41) is 2.75. The second kappa shape index (κ2) is 5.02. The maximum atomic E-state index is 6.49. The highest BCUT2D eigenvalue weighted by atomic mass is 35.5. The topological polar surface area (TPSA) is 31.6 Å². The molecule has 2 aliphatic rings. The van der Waals surface area contributed by atoms with Crippen molar-refractivity contribution in [3.8, 4) is 28.5 Å². The van der Waals surface area contributed by atoms with Crippen LogP contribution in [0.25, 0.3) is 22.0 Å². The first-order chi connectivity index (χ1) is 11.7. The van der Waals surface area contributed by atoms with E-state index >= 15 is 0 Å². The summed E-state index contributed by atoms with van der Waals surface area (Å²) < 4.78 is 18.6. The summed E-state index contributed by atoms with van der Waals surface area (Å²) in [6.07, 6.45) is 3.07. The zero-order chi connectivity index (χ0) is 16.3. The number of nitrogens with zero attached hydrogens (tertiary/aromatic N) is 1. The Bertz CT molecular complexity index is 1000. The molecule has 0 atom stereocenters.